The lowest BCUT2D eigenvalue weighted by Gasteiger charge is -2.31. The lowest BCUT2D eigenvalue weighted by molar-refractivity contribution is 0.0902. The quantitative estimate of drug-likeness (QED) is 0.809. The number of aryl methyl sites for hydroxylation is 1. The molecule has 0 aliphatic heterocycles. The van der Waals surface area contributed by atoms with E-state index in [1.165, 1.54) is 0 Å². The molecule has 18 heavy (non-hydrogen) atoms. The Morgan fingerprint density at radius 3 is 2.44 bits per heavy atom. The topological polar surface area (TPSA) is 29.1 Å². The zero-order valence-corrected chi connectivity index (χ0v) is 12.5. The number of halogens is 2. The van der Waals surface area contributed by atoms with Crippen LogP contribution < -0.4 is 5.32 Å². The predicted molar refractivity (Wildman–Crippen MR) is 77.7 cm³/mol. The molecule has 0 spiro atoms. The van der Waals surface area contributed by atoms with Gasteiger partial charge in [-0.05, 0) is 37.5 Å². The van der Waals surface area contributed by atoms with E-state index < -0.39 is 0 Å². The second-order valence-electron chi connectivity index (χ2n) is 4.53. The first-order valence-electron chi connectivity index (χ1n) is 6.12. The number of amides is 1. The number of rotatable bonds is 5. The van der Waals surface area contributed by atoms with E-state index in [4.69, 9.17) is 23.2 Å². The molecule has 0 atom stereocenters. The minimum absolute atomic E-state index is 0.112. The third-order valence-electron chi connectivity index (χ3n) is 3.43. The van der Waals surface area contributed by atoms with Gasteiger partial charge in [-0.15, -0.1) is 11.6 Å². The molecule has 0 fully saturated rings. The van der Waals surface area contributed by atoms with Gasteiger partial charge in [0.1, 0.15) is 0 Å². The molecule has 1 aromatic carbocycles. The van der Waals surface area contributed by atoms with Crippen LogP contribution in [0, 0.1) is 6.92 Å². The highest BCUT2D eigenvalue weighted by molar-refractivity contribution is 6.31. The SMILES string of the molecule is CCC(CC)(CCl)NC(=O)c1cc(Cl)ccc1C. The summed E-state index contributed by atoms with van der Waals surface area (Å²) in [5, 5.41) is 3.60. The first-order chi connectivity index (χ1) is 8.48. The van der Waals surface area contributed by atoms with Crippen molar-refractivity contribution < 1.29 is 4.79 Å². The molecule has 0 radical (unpaired) electrons. The molecule has 0 saturated heterocycles. The Bertz CT molecular complexity index is 420. The third kappa shape index (κ3) is 3.39. The lowest BCUT2D eigenvalue weighted by atomic mass is 9.94. The average molecular weight is 288 g/mol. The number of carbonyl (C=O) groups is 1. The van der Waals surface area contributed by atoms with E-state index in [9.17, 15) is 4.79 Å². The summed E-state index contributed by atoms with van der Waals surface area (Å²) in [5.41, 5.74) is 1.18. The van der Waals surface area contributed by atoms with Gasteiger partial charge in [0.15, 0.2) is 0 Å². The molecule has 0 unspecified atom stereocenters. The summed E-state index contributed by atoms with van der Waals surface area (Å²) in [5.74, 6) is 0.296. The fraction of sp³-hybridized carbons (Fsp3) is 0.500. The van der Waals surface area contributed by atoms with Gasteiger partial charge in [0.25, 0.3) is 5.91 Å². The smallest absolute Gasteiger partial charge is 0.252 e. The van der Waals surface area contributed by atoms with Crippen molar-refractivity contribution in [2.45, 2.75) is 39.2 Å². The van der Waals surface area contributed by atoms with Crippen molar-refractivity contribution in [2.24, 2.45) is 0 Å². The Labute approximate surface area is 119 Å². The number of alkyl halides is 1. The molecule has 0 saturated carbocycles. The van der Waals surface area contributed by atoms with Gasteiger partial charge in [0, 0.05) is 16.5 Å². The molecule has 0 bridgehead atoms. The van der Waals surface area contributed by atoms with Gasteiger partial charge < -0.3 is 5.32 Å². The number of hydrogen-bond acceptors (Lipinski definition) is 1. The average Bonchev–Trinajstić information content (AvgIpc) is 2.38. The van der Waals surface area contributed by atoms with Crippen LogP contribution in [0.5, 0.6) is 0 Å². The van der Waals surface area contributed by atoms with E-state index in [2.05, 4.69) is 5.32 Å². The Balaban J connectivity index is 2.97. The minimum Gasteiger partial charge on any atom is -0.345 e. The minimum atomic E-state index is -0.340. The summed E-state index contributed by atoms with van der Waals surface area (Å²) >= 11 is 11.9. The maximum atomic E-state index is 12.3. The molecule has 0 aliphatic rings. The zero-order chi connectivity index (χ0) is 13.8. The van der Waals surface area contributed by atoms with Crippen LogP contribution in [-0.4, -0.2) is 17.3 Å². The van der Waals surface area contributed by atoms with Crippen LogP contribution in [0.15, 0.2) is 18.2 Å². The molecule has 1 amide bonds. The molecule has 4 heteroatoms. The largest absolute Gasteiger partial charge is 0.345 e. The predicted octanol–water partition coefficient (Wildman–Crippen LogP) is 4.18. The molecule has 1 N–H and O–H groups in total. The number of carbonyl (C=O) groups excluding carboxylic acids is 1. The molecule has 1 rings (SSSR count). The fourth-order valence-corrected chi connectivity index (χ4v) is 2.41. The summed E-state index contributed by atoms with van der Waals surface area (Å²) in [6.45, 7) is 5.94. The molecule has 2 nitrogen and oxygen atoms in total. The van der Waals surface area contributed by atoms with Crippen LogP contribution in [0.1, 0.15) is 42.6 Å². The molecule has 0 aromatic heterocycles. The van der Waals surface area contributed by atoms with Crippen LogP contribution in [-0.2, 0) is 0 Å². The van der Waals surface area contributed by atoms with E-state index in [1.807, 2.05) is 26.8 Å². The summed E-state index contributed by atoms with van der Waals surface area (Å²) in [7, 11) is 0. The van der Waals surface area contributed by atoms with Gasteiger partial charge in [0.05, 0.1) is 5.54 Å². The highest BCUT2D eigenvalue weighted by Crippen LogP contribution is 2.20. The van der Waals surface area contributed by atoms with E-state index in [-0.39, 0.29) is 11.4 Å². The van der Waals surface area contributed by atoms with Crippen molar-refractivity contribution in [3.05, 3.63) is 34.3 Å². The number of nitrogens with one attached hydrogen (secondary N) is 1. The molecule has 0 aliphatic carbocycles. The standard InChI is InChI=1S/C14H19Cl2NO/c1-4-14(5-2,9-15)17-13(18)12-8-11(16)7-6-10(12)3/h6-8H,4-5,9H2,1-3H3,(H,17,18). The van der Waals surface area contributed by atoms with Crippen molar-refractivity contribution in [2.75, 3.05) is 5.88 Å². The summed E-state index contributed by atoms with van der Waals surface area (Å²) in [6.07, 6.45) is 1.61. The Morgan fingerprint density at radius 1 is 1.33 bits per heavy atom. The van der Waals surface area contributed by atoms with E-state index in [0.717, 1.165) is 18.4 Å². The van der Waals surface area contributed by atoms with Crippen molar-refractivity contribution in [3.8, 4) is 0 Å². The highest BCUT2D eigenvalue weighted by atomic mass is 35.5. The molecule has 1 aromatic rings. The van der Waals surface area contributed by atoms with Crippen LogP contribution >= 0.6 is 23.2 Å². The van der Waals surface area contributed by atoms with Gasteiger partial charge >= 0.3 is 0 Å². The molecular formula is C14H19Cl2NO. The van der Waals surface area contributed by atoms with Crippen LogP contribution in [0.25, 0.3) is 0 Å². The van der Waals surface area contributed by atoms with Gasteiger partial charge in [-0.25, -0.2) is 0 Å². The van der Waals surface area contributed by atoms with Crippen molar-refractivity contribution in [1.29, 1.82) is 0 Å². The van der Waals surface area contributed by atoms with E-state index in [0.29, 0.717) is 16.5 Å². The second kappa shape index (κ2) is 6.44. The third-order valence-corrected chi connectivity index (χ3v) is 4.18. The number of benzene rings is 1. The number of hydrogen-bond donors (Lipinski definition) is 1. The maximum Gasteiger partial charge on any atom is 0.252 e. The summed E-state index contributed by atoms with van der Waals surface area (Å²) < 4.78 is 0. The van der Waals surface area contributed by atoms with Gasteiger partial charge in [-0.2, -0.15) is 0 Å². The normalized spacial score (nSPS) is 11.4. The van der Waals surface area contributed by atoms with Gasteiger partial charge in [-0.1, -0.05) is 31.5 Å². The lowest BCUT2D eigenvalue weighted by Crippen LogP contribution is -2.49. The summed E-state index contributed by atoms with van der Waals surface area (Å²) in [4.78, 5) is 12.3. The second-order valence-corrected chi connectivity index (χ2v) is 5.24. The first kappa shape index (κ1) is 15.3. The Kier molecular flexibility index (Phi) is 5.48. The van der Waals surface area contributed by atoms with E-state index in [1.54, 1.807) is 12.1 Å². The monoisotopic (exact) mass is 287 g/mol. The molecule has 100 valence electrons. The molecular weight excluding hydrogens is 269 g/mol. The van der Waals surface area contributed by atoms with Crippen molar-refractivity contribution in [1.82, 2.24) is 5.32 Å². The van der Waals surface area contributed by atoms with Crippen LogP contribution in [0.3, 0.4) is 0 Å². The first-order valence-corrected chi connectivity index (χ1v) is 7.04. The fourth-order valence-electron chi connectivity index (χ4n) is 1.80. The highest BCUT2D eigenvalue weighted by Gasteiger charge is 2.27. The molecule has 0 heterocycles. The van der Waals surface area contributed by atoms with E-state index >= 15 is 0 Å². The maximum absolute atomic E-state index is 12.3. The summed E-state index contributed by atoms with van der Waals surface area (Å²) in [6, 6.07) is 5.32. The van der Waals surface area contributed by atoms with Gasteiger partial charge in [0.2, 0.25) is 0 Å². The van der Waals surface area contributed by atoms with Crippen molar-refractivity contribution >= 4 is 29.1 Å². The van der Waals surface area contributed by atoms with Crippen molar-refractivity contribution in [3.63, 3.8) is 0 Å². The Hall–Kier alpha value is -0.730. The Morgan fingerprint density at radius 2 is 1.94 bits per heavy atom. The van der Waals surface area contributed by atoms with Gasteiger partial charge in [-0.3, -0.25) is 4.79 Å². The zero-order valence-electron chi connectivity index (χ0n) is 11.0. The van der Waals surface area contributed by atoms with Crippen LogP contribution in [0.2, 0.25) is 5.02 Å². The van der Waals surface area contributed by atoms with Crippen LogP contribution in [0.4, 0.5) is 0 Å².